The zero-order valence-electron chi connectivity index (χ0n) is 33.6. The Morgan fingerprint density at radius 3 is 1.98 bits per heavy atom. The first-order valence-corrected chi connectivity index (χ1v) is 18.4. The van der Waals surface area contributed by atoms with E-state index in [4.69, 9.17) is 7.16 Å². The summed E-state index contributed by atoms with van der Waals surface area (Å²) in [5.41, 5.74) is 10.7. The van der Waals surface area contributed by atoms with Crippen LogP contribution in [0.5, 0.6) is 0 Å². The molecule has 0 bridgehead atoms. The highest BCUT2D eigenvalue weighted by Crippen LogP contribution is 2.43. The Labute approximate surface area is 324 Å². The molecule has 0 aliphatic heterocycles. The Hall–Kier alpha value is -7.36. The summed E-state index contributed by atoms with van der Waals surface area (Å²) in [6, 6.07) is 61.4. The molecule has 0 saturated heterocycles. The smallest absolute Gasteiger partial charge is 0.135 e. The van der Waals surface area contributed by atoms with E-state index in [0.29, 0.717) is 10.9 Å². The second-order valence-electron chi connectivity index (χ2n) is 13.8. The maximum atomic E-state index is 9.37. The van der Waals surface area contributed by atoms with E-state index in [1.54, 1.807) is 0 Å². The SMILES string of the molecule is [2H]c1c([2H])c([2H])c2c(c1[2H])c1c3c(-c4ccccc4)cccc3ccc1n2-c1cccc(N(c2ccc(-c3ccccc3)cc2)c2ccc3oc4ccccc4c3c2)c1. The fourth-order valence-corrected chi connectivity index (χ4v) is 8.21. The van der Waals surface area contributed by atoms with Crippen LogP contribution in [0.4, 0.5) is 17.1 Å². The van der Waals surface area contributed by atoms with Crippen LogP contribution < -0.4 is 4.90 Å². The van der Waals surface area contributed by atoms with Gasteiger partial charge in [0, 0.05) is 44.3 Å². The summed E-state index contributed by atoms with van der Waals surface area (Å²) >= 11 is 0. The van der Waals surface area contributed by atoms with Gasteiger partial charge in [0.15, 0.2) is 0 Å². The first-order valence-electron chi connectivity index (χ1n) is 20.4. The van der Waals surface area contributed by atoms with Crippen LogP contribution in [0.3, 0.4) is 0 Å². The van der Waals surface area contributed by atoms with E-state index in [2.05, 4.69) is 102 Å². The Kier molecular flexibility index (Phi) is 6.27. The molecule has 11 aromatic rings. The van der Waals surface area contributed by atoms with Crippen molar-refractivity contribution >= 4 is 71.6 Å². The maximum absolute atomic E-state index is 9.37. The number of nitrogens with zero attached hydrogens (tertiary/aromatic N) is 2. The molecule has 11 rings (SSSR count). The van der Waals surface area contributed by atoms with Gasteiger partial charge in [0.05, 0.1) is 16.5 Å². The van der Waals surface area contributed by atoms with Crippen LogP contribution in [0.25, 0.3) is 82.5 Å². The van der Waals surface area contributed by atoms with Crippen molar-refractivity contribution in [3.05, 3.63) is 206 Å². The average Bonchev–Trinajstić information content (AvgIpc) is 3.85. The van der Waals surface area contributed by atoms with Crippen molar-refractivity contribution < 1.29 is 9.90 Å². The summed E-state index contributed by atoms with van der Waals surface area (Å²) in [5.74, 6) is 0. The maximum Gasteiger partial charge on any atom is 0.135 e. The number of para-hydroxylation sites is 2. The van der Waals surface area contributed by atoms with Crippen molar-refractivity contribution in [1.29, 1.82) is 0 Å². The molecule has 2 heterocycles. The van der Waals surface area contributed by atoms with E-state index in [1.165, 1.54) is 0 Å². The molecule has 0 amide bonds. The molecule has 3 heteroatoms. The minimum atomic E-state index is -0.268. The summed E-state index contributed by atoms with van der Waals surface area (Å²) in [6.07, 6.45) is 0. The largest absolute Gasteiger partial charge is 0.456 e. The van der Waals surface area contributed by atoms with Crippen LogP contribution in [-0.4, -0.2) is 4.57 Å². The number of fused-ring (bicyclic) bond motifs is 8. The van der Waals surface area contributed by atoms with Crippen molar-refractivity contribution in [2.24, 2.45) is 0 Å². The van der Waals surface area contributed by atoms with Crippen LogP contribution in [0.1, 0.15) is 5.48 Å². The second kappa shape index (κ2) is 12.6. The molecule has 0 fully saturated rings. The van der Waals surface area contributed by atoms with Gasteiger partial charge in [-0.2, -0.15) is 0 Å². The molecule has 0 spiro atoms. The first kappa shape index (κ1) is 27.3. The third-order valence-electron chi connectivity index (χ3n) is 10.7. The van der Waals surface area contributed by atoms with Crippen LogP contribution in [0, 0.1) is 0 Å². The van der Waals surface area contributed by atoms with Gasteiger partial charge >= 0.3 is 0 Å². The van der Waals surface area contributed by atoms with Crippen molar-refractivity contribution in [3.63, 3.8) is 0 Å². The molecule has 55 heavy (non-hydrogen) atoms. The quantitative estimate of drug-likeness (QED) is 0.172. The van der Waals surface area contributed by atoms with E-state index in [1.807, 2.05) is 89.5 Å². The highest BCUT2D eigenvalue weighted by Gasteiger charge is 2.20. The summed E-state index contributed by atoms with van der Waals surface area (Å²) in [5, 5.41) is 5.28. The lowest BCUT2D eigenvalue weighted by Crippen LogP contribution is -2.10. The second-order valence-corrected chi connectivity index (χ2v) is 13.8. The Balaban J connectivity index is 1.18. The number of hydrogen-bond acceptors (Lipinski definition) is 2. The zero-order chi connectivity index (χ0) is 39.8. The summed E-state index contributed by atoms with van der Waals surface area (Å²) in [4.78, 5) is 2.23. The van der Waals surface area contributed by atoms with Crippen molar-refractivity contribution in [2.45, 2.75) is 0 Å². The van der Waals surface area contributed by atoms with E-state index in [0.717, 1.165) is 88.6 Å². The van der Waals surface area contributed by atoms with Crippen molar-refractivity contribution in [3.8, 4) is 27.9 Å². The van der Waals surface area contributed by atoms with Crippen LogP contribution in [-0.2, 0) is 0 Å². The van der Waals surface area contributed by atoms with E-state index < -0.39 is 0 Å². The normalized spacial score (nSPS) is 12.7. The zero-order valence-corrected chi connectivity index (χ0v) is 29.6. The fraction of sp³-hybridized carbons (Fsp3) is 0. The summed E-state index contributed by atoms with van der Waals surface area (Å²) in [7, 11) is 0. The first-order chi connectivity index (χ1) is 28.9. The number of anilines is 3. The Morgan fingerprint density at radius 2 is 1.13 bits per heavy atom. The molecule has 258 valence electrons. The lowest BCUT2D eigenvalue weighted by molar-refractivity contribution is 0.669. The molecule has 2 aromatic heterocycles. The van der Waals surface area contributed by atoms with Crippen molar-refractivity contribution in [1.82, 2.24) is 4.57 Å². The molecule has 0 saturated carbocycles. The Morgan fingerprint density at radius 1 is 0.436 bits per heavy atom. The number of hydrogen-bond donors (Lipinski definition) is 0. The molecule has 0 unspecified atom stereocenters. The molecule has 0 N–H and O–H groups in total. The van der Waals surface area contributed by atoms with Crippen LogP contribution in [0.2, 0.25) is 0 Å². The van der Waals surface area contributed by atoms with Gasteiger partial charge in [-0.05, 0) is 99.7 Å². The minimum absolute atomic E-state index is 0.0583. The lowest BCUT2D eigenvalue weighted by atomic mass is 9.94. The molecule has 9 aromatic carbocycles. The predicted octanol–water partition coefficient (Wildman–Crippen LogP) is 14.6. The Bertz CT molecular complexity index is 3430. The minimum Gasteiger partial charge on any atom is -0.456 e. The van der Waals surface area contributed by atoms with Gasteiger partial charge in [-0.15, -0.1) is 0 Å². The molecule has 0 atom stereocenters. The average molecular weight is 707 g/mol. The van der Waals surface area contributed by atoms with E-state index in [-0.39, 0.29) is 24.2 Å². The monoisotopic (exact) mass is 706 g/mol. The number of rotatable bonds is 6. The fourth-order valence-electron chi connectivity index (χ4n) is 8.21. The highest BCUT2D eigenvalue weighted by molar-refractivity contribution is 6.25. The van der Waals surface area contributed by atoms with Gasteiger partial charge in [-0.25, -0.2) is 0 Å². The van der Waals surface area contributed by atoms with Crippen molar-refractivity contribution in [2.75, 3.05) is 4.90 Å². The lowest BCUT2D eigenvalue weighted by Gasteiger charge is -2.26. The van der Waals surface area contributed by atoms with Crippen LogP contribution >= 0.6 is 0 Å². The summed E-state index contributed by atoms with van der Waals surface area (Å²) in [6.45, 7) is 0. The number of benzene rings is 9. The van der Waals surface area contributed by atoms with Crippen LogP contribution in [0.15, 0.2) is 211 Å². The number of furan rings is 1. The third kappa shape index (κ3) is 5.13. The molecule has 0 aliphatic rings. The standard InChI is InChI=1S/C52H34N2O/c1-3-13-35(14-4-1)36-25-28-39(29-26-36)53(42-30-32-50-46(34-42)44-20-8-10-24-49(44)55-50)40-18-12-19-41(33-40)54-47-23-9-7-21-45(47)52-48(54)31-27-38-17-11-22-43(51(38)52)37-15-5-2-6-16-37/h1-34H/i7D,9D,21D,23D. The molecular formula is C52H34N2O. The van der Waals surface area contributed by atoms with Gasteiger partial charge in [-0.1, -0.05) is 139 Å². The number of aromatic nitrogens is 1. The van der Waals surface area contributed by atoms with Gasteiger partial charge in [0.25, 0.3) is 0 Å². The van der Waals surface area contributed by atoms with Gasteiger partial charge in [-0.3, -0.25) is 0 Å². The molecule has 0 radical (unpaired) electrons. The highest BCUT2D eigenvalue weighted by atomic mass is 16.3. The topological polar surface area (TPSA) is 21.3 Å². The van der Waals surface area contributed by atoms with Gasteiger partial charge in [0.1, 0.15) is 11.2 Å². The van der Waals surface area contributed by atoms with Gasteiger partial charge < -0.3 is 13.9 Å². The van der Waals surface area contributed by atoms with E-state index in [9.17, 15) is 2.74 Å². The predicted molar refractivity (Wildman–Crippen MR) is 231 cm³/mol. The third-order valence-corrected chi connectivity index (χ3v) is 10.7. The van der Waals surface area contributed by atoms with E-state index >= 15 is 0 Å². The molecular weight excluding hydrogens is 669 g/mol. The summed E-state index contributed by atoms with van der Waals surface area (Å²) < 4.78 is 44.6. The molecule has 0 aliphatic carbocycles. The molecule has 3 nitrogen and oxygen atoms in total. The van der Waals surface area contributed by atoms with Gasteiger partial charge in [0.2, 0.25) is 0 Å².